The molecule has 0 unspecified atom stereocenters. The lowest BCUT2D eigenvalue weighted by Crippen LogP contribution is -2.20. The van der Waals surface area contributed by atoms with Crippen molar-refractivity contribution in [2.45, 2.75) is 34.2 Å². The fraction of sp³-hybridized carbons (Fsp3) is 0.250. The number of hydrogen-bond donors (Lipinski definition) is 1. The first-order chi connectivity index (χ1) is 13.9. The number of carbonyl (C=O) groups excluding carboxylic acids is 2. The van der Waals surface area contributed by atoms with Crippen LogP contribution in [0.1, 0.15) is 34.1 Å². The zero-order chi connectivity index (χ0) is 21.0. The normalized spacial score (nSPS) is 10.6. The number of aryl methyl sites for hydroxylation is 2. The van der Waals surface area contributed by atoms with Crippen LogP contribution in [0.2, 0.25) is 0 Å². The monoisotopic (exact) mass is 390 g/mol. The summed E-state index contributed by atoms with van der Waals surface area (Å²) in [5.74, 6) is -0.531. The summed E-state index contributed by atoms with van der Waals surface area (Å²) in [5.41, 5.74) is 5.87. The predicted octanol–water partition coefficient (Wildman–Crippen LogP) is 4.90. The van der Waals surface area contributed by atoms with Gasteiger partial charge in [0, 0.05) is 17.1 Å². The second-order valence-electron chi connectivity index (χ2n) is 7.13. The van der Waals surface area contributed by atoms with E-state index in [1.807, 2.05) is 67.8 Å². The van der Waals surface area contributed by atoms with Gasteiger partial charge in [0.1, 0.15) is 6.54 Å². The number of amides is 1. The van der Waals surface area contributed by atoms with Crippen molar-refractivity contribution in [3.63, 3.8) is 0 Å². The maximum Gasteiger partial charge on any atom is 0.339 e. The lowest BCUT2D eigenvalue weighted by molar-refractivity contribution is -0.116. The summed E-state index contributed by atoms with van der Waals surface area (Å²) in [6.45, 7) is 8.01. The molecule has 0 saturated carbocycles. The van der Waals surface area contributed by atoms with Gasteiger partial charge in [-0.05, 0) is 62.6 Å². The minimum atomic E-state index is -0.379. The van der Waals surface area contributed by atoms with Gasteiger partial charge in [-0.2, -0.15) is 0 Å². The van der Waals surface area contributed by atoms with Crippen molar-refractivity contribution in [2.75, 3.05) is 11.9 Å². The Bertz CT molecular complexity index is 1020. The van der Waals surface area contributed by atoms with Crippen LogP contribution < -0.4 is 5.32 Å². The summed E-state index contributed by atoms with van der Waals surface area (Å²) < 4.78 is 7.05. The third-order valence-electron chi connectivity index (χ3n) is 4.74. The Morgan fingerprint density at radius 1 is 0.966 bits per heavy atom. The van der Waals surface area contributed by atoms with Crippen LogP contribution in [0.4, 0.5) is 5.69 Å². The summed E-state index contributed by atoms with van der Waals surface area (Å²) in [6, 6.07) is 17.5. The molecule has 3 rings (SSSR count). The third-order valence-corrected chi connectivity index (χ3v) is 4.74. The number of nitrogens with zero attached hydrogens (tertiary/aromatic N) is 1. The van der Waals surface area contributed by atoms with Crippen molar-refractivity contribution < 1.29 is 14.3 Å². The molecule has 1 N–H and O–H groups in total. The Labute approximate surface area is 171 Å². The molecule has 1 heterocycles. The first-order valence-corrected chi connectivity index (χ1v) is 9.70. The second-order valence-corrected chi connectivity index (χ2v) is 7.13. The number of rotatable bonds is 6. The van der Waals surface area contributed by atoms with E-state index in [2.05, 4.69) is 11.4 Å². The van der Waals surface area contributed by atoms with Gasteiger partial charge < -0.3 is 14.6 Å². The Kier molecular flexibility index (Phi) is 6.17. The summed E-state index contributed by atoms with van der Waals surface area (Å²) in [4.78, 5) is 25.2. The quantitative estimate of drug-likeness (QED) is 0.609. The molecule has 0 fully saturated rings. The van der Waals surface area contributed by atoms with Gasteiger partial charge >= 0.3 is 5.97 Å². The fourth-order valence-corrected chi connectivity index (χ4v) is 3.50. The zero-order valence-electron chi connectivity index (χ0n) is 17.3. The Morgan fingerprint density at radius 3 is 2.24 bits per heavy atom. The molecule has 0 atom stereocenters. The number of aromatic nitrogens is 1. The maximum absolute atomic E-state index is 12.8. The highest BCUT2D eigenvalue weighted by Crippen LogP contribution is 2.27. The first kappa shape index (κ1) is 20.4. The molecule has 2 aromatic carbocycles. The number of carbonyl (C=O) groups is 2. The van der Waals surface area contributed by atoms with E-state index in [4.69, 9.17) is 4.74 Å². The van der Waals surface area contributed by atoms with E-state index in [1.54, 1.807) is 13.0 Å². The highest BCUT2D eigenvalue weighted by molar-refractivity contribution is 5.94. The van der Waals surface area contributed by atoms with E-state index in [0.29, 0.717) is 17.9 Å². The molecule has 1 amide bonds. The summed E-state index contributed by atoms with van der Waals surface area (Å²) in [6.07, 6.45) is 0. The molecule has 5 heteroatoms. The third kappa shape index (κ3) is 4.74. The molecule has 3 aromatic rings. The molecule has 0 aliphatic heterocycles. The SMILES string of the molecule is CCOC(=O)c1cc(-c2ccccc2)n(CC(=O)Nc2cc(C)cc(C)c2)c1C. The van der Waals surface area contributed by atoms with E-state index in [0.717, 1.165) is 28.1 Å². The van der Waals surface area contributed by atoms with Crippen LogP contribution in [0.15, 0.2) is 54.6 Å². The molecule has 0 bridgehead atoms. The van der Waals surface area contributed by atoms with Gasteiger partial charge in [-0.1, -0.05) is 36.4 Å². The molecular weight excluding hydrogens is 364 g/mol. The number of hydrogen-bond acceptors (Lipinski definition) is 3. The summed E-state index contributed by atoms with van der Waals surface area (Å²) in [7, 11) is 0. The number of anilines is 1. The minimum Gasteiger partial charge on any atom is -0.462 e. The van der Waals surface area contributed by atoms with Gasteiger partial charge in [0.25, 0.3) is 0 Å². The van der Waals surface area contributed by atoms with Gasteiger partial charge in [0.05, 0.1) is 12.2 Å². The van der Waals surface area contributed by atoms with Crippen LogP contribution in [0.25, 0.3) is 11.3 Å². The van der Waals surface area contributed by atoms with E-state index in [-0.39, 0.29) is 18.4 Å². The number of esters is 1. The van der Waals surface area contributed by atoms with Gasteiger partial charge in [-0.15, -0.1) is 0 Å². The van der Waals surface area contributed by atoms with E-state index in [9.17, 15) is 9.59 Å². The Morgan fingerprint density at radius 2 is 1.62 bits per heavy atom. The lowest BCUT2D eigenvalue weighted by Gasteiger charge is -2.13. The number of ether oxygens (including phenoxy) is 1. The van der Waals surface area contributed by atoms with Crippen molar-refractivity contribution in [1.29, 1.82) is 0 Å². The van der Waals surface area contributed by atoms with Crippen molar-refractivity contribution in [2.24, 2.45) is 0 Å². The molecule has 0 saturated heterocycles. The van der Waals surface area contributed by atoms with Gasteiger partial charge in [0.2, 0.25) is 5.91 Å². The van der Waals surface area contributed by atoms with Crippen LogP contribution in [-0.2, 0) is 16.1 Å². The number of benzene rings is 2. The van der Waals surface area contributed by atoms with Crippen LogP contribution in [0.5, 0.6) is 0 Å². The van der Waals surface area contributed by atoms with Crippen molar-refractivity contribution in [1.82, 2.24) is 4.57 Å². The molecule has 29 heavy (non-hydrogen) atoms. The van der Waals surface area contributed by atoms with E-state index >= 15 is 0 Å². The smallest absolute Gasteiger partial charge is 0.339 e. The van der Waals surface area contributed by atoms with Crippen LogP contribution in [0.3, 0.4) is 0 Å². The summed E-state index contributed by atoms with van der Waals surface area (Å²) in [5, 5.41) is 2.97. The predicted molar refractivity (Wildman–Crippen MR) is 115 cm³/mol. The van der Waals surface area contributed by atoms with Crippen molar-refractivity contribution in [3.8, 4) is 11.3 Å². The van der Waals surface area contributed by atoms with Gasteiger partial charge in [-0.25, -0.2) is 4.79 Å². The van der Waals surface area contributed by atoms with E-state index in [1.165, 1.54) is 0 Å². The van der Waals surface area contributed by atoms with Gasteiger partial charge in [-0.3, -0.25) is 4.79 Å². The minimum absolute atomic E-state index is 0.0997. The molecule has 150 valence electrons. The topological polar surface area (TPSA) is 60.3 Å². The second kappa shape index (κ2) is 8.78. The highest BCUT2D eigenvalue weighted by atomic mass is 16.5. The summed E-state index contributed by atoms with van der Waals surface area (Å²) >= 11 is 0. The average Bonchev–Trinajstić information content (AvgIpc) is 2.98. The maximum atomic E-state index is 12.8. The molecule has 0 spiro atoms. The van der Waals surface area contributed by atoms with Crippen LogP contribution >= 0.6 is 0 Å². The molecule has 0 aliphatic rings. The molecular formula is C24H26N2O3. The molecule has 0 radical (unpaired) electrons. The number of nitrogens with one attached hydrogen (secondary N) is 1. The molecule has 0 aliphatic carbocycles. The fourth-order valence-electron chi connectivity index (χ4n) is 3.50. The van der Waals surface area contributed by atoms with Gasteiger partial charge in [0.15, 0.2) is 0 Å². The van der Waals surface area contributed by atoms with E-state index < -0.39 is 0 Å². The van der Waals surface area contributed by atoms with Crippen LogP contribution in [-0.4, -0.2) is 23.1 Å². The standard InChI is InChI=1S/C24H26N2O3/c1-5-29-24(28)21-14-22(19-9-7-6-8-10-19)26(18(21)4)15-23(27)25-20-12-16(2)11-17(3)13-20/h6-14H,5,15H2,1-4H3,(H,25,27). The lowest BCUT2D eigenvalue weighted by atomic mass is 10.1. The molecule has 5 nitrogen and oxygen atoms in total. The van der Waals surface area contributed by atoms with Crippen molar-refractivity contribution in [3.05, 3.63) is 77.0 Å². The molecule has 1 aromatic heterocycles. The Hall–Kier alpha value is -3.34. The largest absolute Gasteiger partial charge is 0.462 e. The first-order valence-electron chi connectivity index (χ1n) is 9.70. The Balaban J connectivity index is 1.94. The van der Waals surface area contributed by atoms with Crippen molar-refractivity contribution >= 4 is 17.6 Å². The average molecular weight is 390 g/mol. The zero-order valence-corrected chi connectivity index (χ0v) is 17.3. The highest BCUT2D eigenvalue weighted by Gasteiger charge is 2.21. The van der Waals surface area contributed by atoms with Crippen LogP contribution in [0, 0.1) is 20.8 Å².